The van der Waals surface area contributed by atoms with E-state index in [4.69, 9.17) is 0 Å². The van der Waals surface area contributed by atoms with Gasteiger partial charge in [0.15, 0.2) is 9.04 Å². The largest absolute Gasteiger partial charge is 0.434 e. The first-order valence-corrected chi connectivity index (χ1v) is 5.36. The molecule has 8 heavy (non-hydrogen) atoms. The van der Waals surface area contributed by atoms with E-state index in [0.717, 1.165) is 12.5 Å². The Morgan fingerprint density at radius 3 is 2.12 bits per heavy atom. The molecule has 0 aliphatic carbocycles. The Balaban J connectivity index is 3.17. The standard InChI is InChI=1S/C6H16OSi/c1-4-5-8(7)6(2)3/h6-8H,4-5H2,1-3H3. The quantitative estimate of drug-likeness (QED) is 0.577. The molecule has 0 aliphatic heterocycles. The molecule has 0 spiro atoms. The summed E-state index contributed by atoms with van der Waals surface area (Å²) in [4.78, 5) is 9.27. The van der Waals surface area contributed by atoms with Gasteiger partial charge < -0.3 is 4.80 Å². The summed E-state index contributed by atoms with van der Waals surface area (Å²) in [6, 6.07) is 1.08. The molecule has 0 aromatic rings. The maximum Gasteiger partial charge on any atom is 0.175 e. The zero-order valence-corrected chi connectivity index (χ0v) is 7.17. The van der Waals surface area contributed by atoms with Crippen LogP contribution in [0.25, 0.3) is 0 Å². The summed E-state index contributed by atoms with van der Waals surface area (Å²) in [7, 11) is -1.28. The normalized spacial score (nSPS) is 14.6. The zero-order chi connectivity index (χ0) is 6.57. The van der Waals surface area contributed by atoms with E-state index >= 15 is 0 Å². The van der Waals surface area contributed by atoms with Crippen molar-refractivity contribution in [2.24, 2.45) is 0 Å². The third-order valence-corrected chi connectivity index (χ3v) is 4.06. The van der Waals surface area contributed by atoms with Gasteiger partial charge in [0, 0.05) is 0 Å². The monoisotopic (exact) mass is 132 g/mol. The van der Waals surface area contributed by atoms with Gasteiger partial charge in [-0.1, -0.05) is 27.2 Å². The van der Waals surface area contributed by atoms with Gasteiger partial charge in [0.2, 0.25) is 0 Å². The van der Waals surface area contributed by atoms with Gasteiger partial charge in [-0.05, 0) is 11.6 Å². The van der Waals surface area contributed by atoms with Crippen LogP contribution in [0.2, 0.25) is 11.6 Å². The van der Waals surface area contributed by atoms with Gasteiger partial charge in [0.25, 0.3) is 0 Å². The van der Waals surface area contributed by atoms with E-state index in [1.807, 2.05) is 0 Å². The summed E-state index contributed by atoms with van der Waals surface area (Å²) >= 11 is 0. The van der Waals surface area contributed by atoms with Gasteiger partial charge in [0.05, 0.1) is 0 Å². The molecule has 1 N–H and O–H groups in total. The van der Waals surface area contributed by atoms with Crippen molar-refractivity contribution in [2.45, 2.75) is 38.8 Å². The predicted octanol–water partition coefficient (Wildman–Crippen LogP) is 1.52. The van der Waals surface area contributed by atoms with Gasteiger partial charge >= 0.3 is 0 Å². The maximum absolute atomic E-state index is 9.27. The van der Waals surface area contributed by atoms with Gasteiger partial charge in [-0.15, -0.1) is 0 Å². The highest BCUT2D eigenvalue weighted by atomic mass is 28.3. The molecular formula is C6H16OSi. The van der Waals surface area contributed by atoms with E-state index in [9.17, 15) is 4.80 Å². The third-order valence-electron chi connectivity index (χ3n) is 1.35. The molecule has 0 saturated heterocycles. The smallest absolute Gasteiger partial charge is 0.175 e. The van der Waals surface area contributed by atoms with Crippen LogP contribution in [0.1, 0.15) is 27.2 Å². The Bertz CT molecular complexity index is 54.5. The van der Waals surface area contributed by atoms with Crippen LogP contribution in [-0.2, 0) is 0 Å². The lowest BCUT2D eigenvalue weighted by atomic mass is 10.6. The van der Waals surface area contributed by atoms with Crippen molar-refractivity contribution in [2.75, 3.05) is 0 Å². The van der Waals surface area contributed by atoms with Crippen molar-refractivity contribution in [1.29, 1.82) is 0 Å². The van der Waals surface area contributed by atoms with E-state index in [2.05, 4.69) is 20.8 Å². The molecule has 0 rings (SSSR count). The lowest BCUT2D eigenvalue weighted by Gasteiger charge is -2.08. The minimum atomic E-state index is -1.28. The molecule has 1 unspecified atom stereocenters. The summed E-state index contributed by atoms with van der Waals surface area (Å²) < 4.78 is 0. The molecule has 0 radical (unpaired) electrons. The second-order valence-electron chi connectivity index (χ2n) is 2.60. The summed E-state index contributed by atoms with van der Waals surface area (Å²) in [5.41, 5.74) is 0.565. The molecule has 2 heteroatoms. The van der Waals surface area contributed by atoms with Crippen LogP contribution in [0, 0.1) is 0 Å². The van der Waals surface area contributed by atoms with Gasteiger partial charge in [-0.25, -0.2) is 0 Å². The predicted molar refractivity (Wildman–Crippen MR) is 39.6 cm³/mol. The van der Waals surface area contributed by atoms with E-state index in [1.165, 1.54) is 0 Å². The number of rotatable bonds is 3. The average molecular weight is 132 g/mol. The van der Waals surface area contributed by atoms with Crippen molar-refractivity contribution in [3.8, 4) is 0 Å². The fraction of sp³-hybridized carbons (Fsp3) is 1.00. The van der Waals surface area contributed by atoms with Crippen LogP contribution in [0.5, 0.6) is 0 Å². The molecule has 0 aliphatic rings. The van der Waals surface area contributed by atoms with Crippen LogP contribution < -0.4 is 0 Å². The lowest BCUT2D eigenvalue weighted by Crippen LogP contribution is -2.14. The lowest BCUT2D eigenvalue weighted by molar-refractivity contribution is 0.548. The molecule has 1 nitrogen and oxygen atoms in total. The highest BCUT2D eigenvalue weighted by molar-refractivity contribution is 6.51. The van der Waals surface area contributed by atoms with Crippen LogP contribution in [0.15, 0.2) is 0 Å². The van der Waals surface area contributed by atoms with Crippen molar-refractivity contribution in [1.82, 2.24) is 0 Å². The van der Waals surface area contributed by atoms with Gasteiger partial charge in [0.1, 0.15) is 0 Å². The number of hydrogen-bond donors (Lipinski definition) is 1. The molecule has 50 valence electrons. The Labute approximate surface area is 53.5 Å². The molecule has 0 amide bonds. The SMILES string of the molecule is CCC[SiH](O)C(C)C. The van der Waals surface area contributed by atoms with Crippen molar-refractivity contribution in [3.63, 3.8) is 0 Å². The Kier molecular flexibility index (Phi) is 4.19. The maximum atomic E-state index is 9.27. The molecule has 0 fully saturated rings. The fourth-order valence-corrected chi connectivity index (χ4v) is 1.89. The summed E-state index contributed by atoms with van der Waals surface area (Å²) in [5.74, 6) is 0. The topological polar surface area (TPSA) is 20.2 Å². The summed E-state index contributed by atoms with van der Waals surface area (Å²) in [6.45, 7) is 6.33. The Morgan fingerprint density at radius 1 is 1.50 bits per heavy atom. The van der Waals surface area contributed by atoms with Crippen molar-refractivity contribution >= 4 is 9.04 Å². The van der Waals surface area contributed by atoms with E-state index < -0.39 is 9.04 Å². The second-order valence-corrected chi connectivity index (χ2v) is 5.65. The minimum Gasteiger partial charge on any atom is -0.434 e. The van der Waals surface area contributed by atoms with Crippen LogP contribution in [0.3, 0.4) is 0 Å². The van der Waals surface area contributed by atoms with Crippen molar-refractivity contribution < 1.29 is 4.80 Å². The summed E-state index contributed by atoms with van der Waals surface area (Å²) in [5, 5.41) is 0. The molecular weight excluding hydrogens is 116 g/mol. The van der Waals surface area contributed by atoms with Crippen LogP contribution in [-0.4, -0.2) is 13.8 Å². The molecule has 0 heterocycles. The Hall–Kier alpha value is 0.177. The van der Waals surface area contributed by atoms with E-state index in [-0.39, 0.29) is 0 Å². The molecule has 0 saturated carbocycles. The third kappa shape index (κ3) is 3.21. The summed E-state index contributed by atoms with van der Waals surface area (Å²) in [6.07, 6.45) is 1.14. The fourth-order valence-electron chi connectivity index (χ4n) is 0.629. The second kappa shape index (κ2) is 4.10. The first-order chi connectivity index (χ1) is 3.68. The van der Waals surface area contributed by atoms with E-state index in [1.54, 1.807) is 0 Å². The highest BCUT2D eigenvalue weighted by Gasteiger charge is 2.08. The molecule has 1 atom stereocenters. The zero-order valence-electron chi connectivity index (χ0n) is 6.02. The highest BCUT2D eigenvalue weighted by Crippen LogP contribution is 2.09. The van der Waals surface area contributed by atoms with Crippen LogP contribution >= 0.6 is 0 Å². The van der Waals surface area contributed by atoms with Gasteiger partial charge in [-0.2, -0.15) is 0 Å². The molecule has 0 aromatic heterocycles. The first kappa shape index (κ1) is 8.18. The van der Waals surface area contributed by atoms with Crippen LogP contribution in [0.4, 0.5) is 0 Å². The first-order valence-electron chi connectivity index (χ1n) is 3.36. The van der Waals surface area contributed by atoms with E-state index in [0.29, 0.717) is 5.54 Å². The van der Waals surface area contributed by atoms with Crippen molar-refractivity contribution in [3.05, 3.63) is 0 Å². The Morgan fingerprint density at radius 2 is 2.00 bits per heavy atom. The number of hydrogen-bond acceptors (Lipinski definition) is 1. The minimum absolute atomic E-state index is 0.565. The average Bonchev–Trinajstić information content (AvgIpc) is 1.67. The molecule has 0 aromatic carbocycles. The van der Waals surface area contributed by atoms with Gasteiger partial charge in [-0.3, -0.25) is 0 Å². The molecule has 0 bridgehead atoms.